The molecule has 3 heterocycles. The van der Waals surface area contributed by atoms with Gasteiger partial charge in [-0.05, 0) is 58.4 Å². The molecule has 10 heteroatoms. The SMILES string of the molecule is [2H]C([2H])(C1CCC(C)(F)CC1)n1nc(-c2cnn(C(F)F)c2)c2ncc(C(C(C)=O)=C(C)N)cc21. The number of fused-ring (bicyclic) bond motifs is 1. The highest BCUT2D eigenvalue weighted by Gasteiger charge is 2.31. The molecule has 0 spiro atoms. The number of alkyl halides is 3. The number of hydrogen-bond donors (Lipinski definition) is 1. The molecule has 0 amide bonds. The van der Waals surface area contributed by atoms with Crippen LogP contribution in [0, 0.1) is 5.92 Å². The fraction of sp³-hybridized carbons (Fsp3) is 0.478. The van der Waals surface area contributed by atoms with Crippen molar-refractivity contribution in [1.82, 2.24) is 24.5 Å². The van der Waals surface area contributed by atoms with Crippen LogP contribution in [0.1, 0.15) is 61.3 Å². The number of rotatable bonds is 6. The van der Waals surface area contributed by atoms with Crippen LogP contribution in [0.25, 0.3) is 27.9 Å². The molecule has 3 aromatic rings. The Kier molecular flexibility index (Phi) is 5.35. The molecule has 176 valence electrons. The number of carbonyl (C=O) groups excluding carboxylic acids is 1. The molecular weight excluding hydrogens is 433 g/mol. The summed E-state index contributed by atoms with van der Waals surface area (Å²) in [4.78, 5) is 16.6. The average molecular weight is 463 g/mol. The molecule has 1 fully saturated rings. The monoisotopic (exact) mass is 462 g/mol. The first kappa shape index (κ1) is 20.4. The maximum absolute atomic E-state index is 14.4. The van der Waals surface area contributed by atoms with Crippen molar-refractivity contribution in [3.05, 3.63) is 35.9 Å². The lowest BCUT2D eigenvalue weighted by atomic mass is 9.81. The molecule has 4 rings (SSSR count). The summed E-state index contributed by atoms with van der Waals surface area (Å²) in [5.74, 6) is -0.818. The van der Waals surface area contributed by atoms with Crippen LogP contribution in [0.3, 0.4) is 0 Å². The van der Waals surface area contributed by atoms with E-state index in [0.29, 0.717) is 23.1 Å². The van der Waals surface area contributed by atoms with Crippen LogP contribution in [0.15, 0.2) is 30.4 Å². The number of hydrogen-bond acceptors (Lipinski definition) is 5. The number of ketones is 1. The maximum atomic E-state index is 14.4. The van der Waals surface area contributed by atoms with Crippen molar-refractivity contribution < 1.29 is 20.7 Å². The van der Waals surface area contributed by atoms with Crippen LogP contribution >= 0.6 is 0 Å². The molecule has 1 aliphatic rings. The third kappa shape index (κ3) is 4.65. The molecule has 33 heavy (non-hydrogen) atoms. The summed E-state index contributed by atoms with van der Waals surface area (Å²) in [5.41, 5.74) is 6.42. The number of halogens is 3. The van der Waals surface area contributed by atoms with Crippen molar-refractivity contribution in [2.45, 2.75) is 65.2 Å². The Hall–Kier alpha value is -3.17. The van der Waals surface area contributed by atoms with Crippen molar-refractivity contribution in [2.75, 3.05) is 0 Å². The highest BCUT2D eigenvalue weighted by Crippen LogP contribution is 2.36. The molecule has 3 aromatic heterocycles. The highest BCUT2D eigenvalue weighted by atomic mass is 19.3. The van der Waals surface area contributed by atoms with E-state index < -0.39 is 24.6 Å². The van der Waals surface area contributed by atoms with E-state index in [2.05, 4.69) is 15.2 Å². The van der Waals surface area contributed by atoms with Crippen LogP contribution in [0.4, 0.5) is 13.2 Å². The summed E-state index contributed by atoms with van der Waals surface area (Å²) in [7, 11) is 0. The van der Waals surface area contributed by atoms with E-state index in [9.17, 15) is 18.0 Å². The quantitative estimate of drug-likeness (QED) is 0.527. The van der Waals surface area contributed by atoms with Crippen molar-refractivity contribution in [2.24, 2.45) is 11.7 Å². The zero-order chi connectivity index (χ0) is 25.7. The van der Waals surface area contributed by atoms with E-state index in [4.69, 9.17) is 8.48 Å². The number of nitrogens with zero attached hydrogens (tertiary/aromatic N) is 5. The van der Waals surface area contributed by atoms with Gasteiger partial charge in [0.25, 0.3) is 0 Å². The number of carbonyl (C=O) groups is 1. The lowest BCUT2D eigenvalue weighted by molar-refractivity contribution is -0.111. The average Bonchev–Trinajstić information content (AvgIpc) is 3.38. The standard InChI is InChI=1S/C23H27F3N6O/c1-13(27)19(14(2)33)16-8-18-21(28-9-16)20(17-10-29-32(12-17)22(24)25)30-31(18)11-15-4-6-23(3,26)7-5-15/h8-10,12,15,22H,4-7,11,27H2,1-3H3/i11D2. The van der Waals surface area contributed by atoms with Gasteiger partial charge in [0.15, 0.2) is 5.78 Å². The Morgan fingerprint density at radius 2 is 2.03 bits per heavy atom. The second-order valence-corrected chi connectivity index (χ2v) is 8.77. The van der Waals surface area contributed by atoms with Crippen LogP contribution in [0.5, 0.6) is 0 Å². The third-order valence-corrected chi connectivity index (χ3v) is 5.96. The minimum Gasteiger partial charge on any atom is -0.402 e. The maximum Gasteiger partial charge on any atom is 0.333 e. The molecule has 0 bridgehead atoms. The van der Waals surface area contributed by atoms with E-state index in [-0.39, 0.29) is 52.2 Å². The molecule has 0 aromatic carbocycles. The van der Waals surface area contributed by atoms with Crippen molar-refractivity contribution in [3.63, 3.8) is 0 Å². The van der Waals surface area contributed by atoms with E-state index in [0.717, 1.165) is 6.20 Å². The summed E-state index contributed by atoms with van der Waals surface area (Å²) < 4.78 is 60.2. The Labute approximate surface area is 192 Å². The van der Waals surface area contributed by atoms with Gasteiger partial charge in [-0.3, -0.25) is 14.5 Å². The largest absolute Gasteiger partial charge is 0.402 e. The third-order valence-electron chi connectivity index (χ3n) is 5.96. The summed E-state index contributed by atoms with van der Waals surface area (Å²) >= 11 is 0. The van der Waals surface area contributed by atoms with Crippen molar-refractivity contribution in [3.8, 4) is 11.3 Å². The smallest absolute Gasteiger partial charge is 0.333 e. The predicted molar refractivity (Wildman–Crippen MR) is 119 cm³/mol. The van der Waals surface area contributed by atoms with Gasteiger partial charge in [-0.1, -0.05) is 0 Å². The van der Waals surface area contributed by atoms with Crippen molar-refractivity contribution >= 4 is 22.4 Å². The molecule has 0 aliphatic heterocycles. The number of Topliss-reactive ketones (excluding diaryl/α,β-unsaturated/α-hetero) is 1. The number of allylic oxidation sites excluding steroid dienone is 2. The van der Waals surface area contributed by atoms with Crippen LogP contribution < -0.4 is 5.73 Å². The van der Waals surface area contributed by atoms with Crippen LogP contribution in [0.2, 0.25) is 0 Å². The molecule has 7 nitrogen and oxygen atoms in total. The van der Waals surface area contributed by atoms with Gasteiger partial charge < -0.3 is 5.73 Å². The second-order valence-electron chi connectivity index (χ2n) is 8.77. The van der Waals surface area contributed by atoms with Crippen molar-refractivity contribution in [1.29, 1.82) is 0 Å². The number of nitrogens with two attached hydrogens (primary N) is 1. The lowest BCUT2D eigenvalue weighted by Crippen LogP contribution is -2.28. The minimum atomic E-state index is -2.85. The molecular formula is C23H27F3N6O. The zero-order valence-corrected chi connectivity index (χ0v) is 18.6. The zero-order valence-electron chi connectivity index (χ0n) is 20.6. The van der Waals surface area contributed by atoms with Crippen LogP contribution in [-0.4, -0.2) is 36.0 Å². The van der Waals surface area contributed by atoms with Gasteiger partial charge in [0.1, 0.15) is 16.9 Å². The van der Waals surface area contributed by atoms with E-state index in [1.54, 1.807) is 13.0 Å². The fourth-order valence-electron chi connectivity index (χ4n) is 4.23. The second kappa shape index (κ2) is 8.64. The Bertz CT molecular complexity index is 1300. The van der Waals surface area contributed by atoms with Gasteiger partial charge in [-0.25, -0.2) is 9.07 Å². The lowest BCUT2D eigenvalue weighted by Gasteiger charge is -2.31. The predicted octanol–water partition coefficient (Wildman–Crippen LogP) is 4.89. The van der Waals surface area contributed by atoms with Gasteiger partial charge in [0.2, 0.25) is 0 Å². The molecule has 0 unspecified atom stereocenters. The molecule has 0 radical (unpaired) electrons. The summed E-state index contributed by atoms with van der Waals surface area (Å²) in [6.07, 6.45) is 4.81. The van der Waals surface area contributed by atoms with Crippen LogP contribution in [-0.2, 0) is 11.3 Å². The van der Waals surface area contributed by atoms with E-state index >= 15 is 0 Å². The van der Waals surface area contributed by atoms with E-state index in [1.807, 2.05) is 0 Å². The van der Waals surface area contributed by atoms with E-state index in [1.165, 1.54) is 30.9 Å². The number of pyridine rings is 1. The Morgan fingerprint density at radius 3 is 2.61 bits per heavy atom. The summed E-state index contributed by atoms with van der Waals surface area (Å²) in [5, 5.41) is 8.11. The van der Waals surface area contributed by atoms with Gasteiger partial charge in [0, 0.05) is 41.3 Å². The summed E-state index contributed by atoms with van der Waals surface area (Å²) in [6, 6.07) is 1.57. The first-order valence-electron chi connectivity index (χ1n) is 11.7. The first-order valence-corrected chi connectivity index (χ1v) is 10.7. The van der Waals surface area contributed by atoms with Gasteiger partial charge in [0.05, 0.1) is 14.5 Å². The van der Waals surface area contributed by atoms with Gasteiger partial charge >= 0.3 is 6.55 Å². The number of aromatic nitrogens is 5. The first-order chi connectivity index (χ1) is 16.3. The molecule has 2 N–H and O–H groups in total. The normalized spacial score (nSPS) is 23.4. The Morgan fingerprint density at radius 1 is 1.33 bits per heavy atom. The molecule has 1 aliphatic carbocycles. The fourth-order valence-corrected chi connectivity index (χ4v) is 4.23. The van der Waals surface area contributed by atoms with Gasteiger partial charge in [-0.15, -0.1) is 0 Å². The molecule has 0 saturated heterocycles. The molecule has 1 saturated carbocycles. The topological polar surface area (TPSA) is 91.6 Å². The minimum absolute atomic E-state index is 0.172. The molecule has 0 atom stereocenters. The summed E-state index contributed by atoms with van der Waals surface area (Å²) in [6.45, 7) is -0.424. The van der Waals surface area contributed by atoms with Gasteiger partial charge in [-0.2, -0.15) is 19.0 Å². The Balaban J connectivity index is 1.91. The highest BCUT2D eigenvalue weighted by molar-refractivity contribution is 6.20.